The lowest BCUT2D eigenvalue weighted by Crippen LogP contribution is -2.39. The Morgan fingerprint density at radius 1 is 0.481 bits per heavy atom. The number of anilines is 10. The van der Waals surface area contributed by atoms with Crippen molar-refractivity contribution in [2.45, 2.75) is 63.7 Å². The topological polar surface area (TPSA) is 429 Å². The summed E-state index contributed by atoms with van der Waals surface area (Å²) in [6.07, 6.45) is 16.5. The fraction of sp³-hybridized carbons (Fsp3) is 0.306. The maximum absolute atomic E-state index is 6.01. The van der Waals surface area contributed by atoms with Gasteiger partial charge in [-0.25, -0.2) is 24.9 Å². The summed E-state index contributed by atoms with van der Waals surface area (Å²) in [5, 5.41) is 52.3. The highest BCUT2D eigenvalue weighted by atomic mass is 32.1. The zero-order chi connectivity index (χ0) is 73.0. The molecule has 3 atom stereocenters. The number of pyridine rings is 5. The maximum Gasteiger partial charge on any atom is 0.126 e. The Labute approximate surface area is 629 Å². The number of fused-ring (bicyclic) bond motifs is 5. The molecule has 17 heterocycles. The first-order chi connectivity index (χ1) is 51.7. The summed E-state index contributed by atoms with van der Waals surface area (Å²) < 4.78 is 21.6. The molecule has 29 nitrogen and oxygen atoms in total. The minimum atomic E-state index is 0.126. The molecule has 550 valence electrons. The van der Waals surface area contributed by atoms with Gasteiger partial charge in [0.05, 0.1) is 151 Å². The number of likely N-dealkylation sites (N-methyl/N-ethyl adjacent to an activating group) is 1. The van der Waals surface area contributed by atoms with Gasteiger partial charge >= 0.3 is 0 Å². The number of nitrogen functional groups attached to an aromatic ring is 5. The number of nitrogens with one attached hydrogen (secondary N) is 10. The SMILES string of the molecule is CN1CCC[C@@H](Nc2cc(N)nc3cc(-c4ccn[nH]4)sc23)C1.COCCNc1cc(N)nc2cc(-c3ccn[nH]3)sc12.CO[C@H](C)CNc1cc(N)nc2cc(-c3ccn[nH]3)sc12.Nc1cc(NCC2CC2)c2sc(-c3ccn[nH]3)cc2n1.Nc1cc(NC[C@@H]2CCCO2)c2sc(-c3ccn[nH]3)cc2n1. The average Bonchev–Trinajstić information content (AvgIpc) is 1.68. The highest BCUT2D eigenvalue weighted by Gasteiger charge is 2.24. The van der Waals surface area contributed by atoms with E-state index >= 15 is 0 Å². The van der Waals surface area contributed by atoms with Crippen LogP contribution in [0.2, 0.25) is 0 Å². The van der Waals surface area contributed by atoms with Crippen LogP contribution in [0.15, 0.2) is 122 Å². The number of nitrogens with zero attached hydrogens (tertiary/aromatic N) is 11. The van der Waals surface area contributed by atoms with Gasteiger partial charge in [0.15, 0.2) is 0 Å². The van der Waals surface area contributed by atoms with Gasteiger partial charge in [-0.3, -0.25) is 25.5 Å². The quantitative estimate of drug-likeness (QED) is 0.0297. The Balaban J connectivity index is 0.000000111. The van der Waals surface area contributed by atoms with Crippen molar-refractivity contribution >= 4 is 165 Å². The van der Waals surface area contributed by atoms with Gasteiger partial charge in [-0.05, 0) is 126 Å². The molecule has 15 aromatic rings. The third-order valence-electron chi connectivity index (χ3n) is 17.7. The van der Waals surface area contributed by atoms with E-state index in [0.29, 0.717) is 48.3 Å². The van der Waals surface area contributed by atoms with E-state index in [-0.39, 0.29) is 12.2 Å². The number of nitrogens with two attached hydrogens (primary N) is 5. The molecule has 3 aliphatic rings. The third kappa shape index (κ3) is 18.0. The smallest absolute Gasteiger partial charge is 0.126 e. The van der Waals surface area contributed by atoms with Crippen molar-refractivity contribution in [2.75, 3.05) is 129 Å². The molecule has 0 bridgehead atoms. The van der Waals surface area contributed by atoms with Gasteiger partial charge in [0.1, 0.15) is 29.1 Å². The molecule has 2 aliphatic heterocycles. The molecule has 18 rings (SSSR count). The minimum Gasteiger partial charge on any atom is -0.384 e. The lowest BCUT2D eigenvalue weighted by atomic mass is 10.1. The lowest BCUT2D eigenvalue weighted by molar-refractivity contribution is 0.120. The summed E-state index contributed by atoms with van der Waals surface area (Å²) in [5.41, 5.74) is 44.3. The number of ether oxygens (including phenoxy) is 3. The van der Waals surface area contributed by atoms with Gasteiger partial charge in [-0.15, -0.1) is 56.7 Å². The molecule has 2 saturated heterocycles. The maximum atomic E-state index is 6.01. The Morgan fingerprint density at radius 2 is 0.858 bits per heavy atom. The van der Waals surface area contributed by atoms with E-state index in [1.54, 1.807) is 102 Å². The molecule has 3 fully saturated rings. The van der Waals surface area contributed by atoms with E-state index in [1.807, 2.05) is 85.8 Å². The summed E-state index contributed by atoms with van der Waals surface area (Å²) in [4.78, 5) is 30.0. The fourth-order valence-electron chi connectivity index (χ4n) is 12.2. The minimum absolute atomic E-state index is 0.126. The Bertz CT molecular complexity index is 5300. The number of aromatic nitrogens is 15. The average molecular weight is 1520 g/mol. The van der Waals surface area contributed by atoms with Crippen LogP contribution in [0.25, 0.3) is 104 Å². The molecule has 0 aromatic carbocycles. The summed E-state index contributed by atoms with van der Waals surface area (Å²) in [7, 11) is 5.55. The van der Waals surface area contributed by atoms with Crippen molar-refractivity contribution in [2.24, 2.45) is 5.92 Å². The second kappa shape index (κ2) is 33.7. The van der Waals surface area contributed by atoms with E-state index in [2.05, 4.69) is 127 Å². The van der Waals surface area contributed by atoms with Crippen LogP contribution in [0.3, 0.4) is 0 Å². The Kier molecular flexibility index (Phi) is 23.0. The van der Waals surface area contributed by atoms with Gasteiger partial charge in [-0.1, -0.05) is 0 Å². The summed E-state index contributed by atoms with van der Waals surface area (Å²) in [5.74, 6) is 3.47. The predicted octanol–water partition coefficient (Wildman–Crippen LogP) is 13.8. The van der Waals surface area contributed by atoms with Crippen molar-refractivity contribution in [1.82, 2.24) is 80.8 Å². The number of likely N-dealkylation sites (tertiary alicyclic amines) is 1. The second-order valence-electron chi connectivity index (χ2n) is 25.9. The van der Waals surface area contributed by atoms with E-state index < -0.39 is 0 Å². The molecule has 34 heteroatoms. The van der Waals surface area contributed by atoms with Crippen molar-refractivity contribution in [3.05, 3.63) is 122 Å². The molecule has 0 amide bonds. The zero-order valence-corrected chi connectivity index (χ0v) is 62.9. The van der Waals surface area contributed by atoms with Crippen molar-refractivity contribution in [1.29, 1.82) is 0 Å². The largest absolute Gasteiger partial charge is 0.384 e. The van der Waals surface area contributed by atoms with Crippen LogP contribution in [-0.4, -0.2) is 173 Å². The van der Waals surface area contributed by atoms with E-state index in [1.165, 1.54) is 32.2 Å². The molecule has 1 aliphatic carbocycles. The first-order valence-electron chi connectivity index (χ1n) is 34.8. The number of hydrogen-bond acceptors (Lipinski definition) is 29. The number of methoxy groups -OCH3 is 2. The van der Waals surface area contributed by atoms with Crippen LogP contribution in [-0.2, 0) is 14.2 Å². The zero-order valence-electron chi connectivity index (χ0n) is 58.8. The molecular weight excluding hydrogens is 1440 g/mol. The van der Waals surface area contributed by atoms with Crippen molar-refractivity contribution in [3.63, 3.8) is 0 Å². The van der Waals surface area contributed by atoms with Crippen LogP contribution in [0, 0.1) is 5.92 Å². The highest BCUT2D eigenvalue weighted by Crippen LogP contribution is 2.43. The van der Waals surface area contributed by atoms with Crippen LogP contribution >= 0.6 is 56.7 Å². The van der Waals surface area contributed by atoms with E-state index in [4.69, 9.17) is 42.9 Å². The lowest BCUT2D eigenvalue weighted by Gasteiger charge is -2.31. The molecule has 1 saturated carbocycles. The fourth-order valence-corrected chi connectivity index (χ4v) is 17.5. The van der Waals surface area contributed by atoms with Gasteiger partial charge in [0.25, 0.3) is 0 Å². The summed E-state index contributed by atoms with van der Waals surface area (Å²) in [6, 6.07) is 29.9. The first-order valence-corrected chi connectivity index (χ1v) is 38.8. The monoisotopic (exact) mass is 1520 g/mol. The van der Waals surface area contributed by atoms with Gasteiger partial charge < -0.3 is 74.4 Å². The van der Waals surface area contributed by atoms with Gasteiger partial charge in [-0.2, -0.15) is 25.5 Å². The normalized spacial score (nSPS) is 15.3. The molecule has 0 spiro atoms. The van der Waals surface area contributed by atoms with E-state index in [9.17, 15) is 0 Å². The Hall–Kier alpha value is -10.6. The van der Waals surface area contributed by atoms with Crippen LogP contribution < -0.4 is 55.3 Å². The van der Waals surface area contributed by atoms with Gasteiger partial charge in [0.2, 0.25) is 0 Å². The third-order valence-corrected chi connectivity index (χ3v) is 23.7. The molecule has 20 N–H and O–H groups in total. The standard InChI is InChI=1S/C16H20N6S.C15H17N5OS.C14H17N5OS.C14H15N5S.C13H15N5OS/c1-22-6-2-3-10(9-22)19-13-8-15(17)20-12-7-14(23-16(12)13)11-4-5-18-21-11;16-14-7-11(17-8-9-2-1-5-21-9)15-12(19-14)6-13(22-15)10-3-4-18-20-10;1-8(20-2)7-16-10-6-13(15)18-11-5-12(21-14(10)11)9-3-4-17-19-9;15-13-6-10(16-7-8-1-2-8)14-11(18-13)5-12(20-14)9-3-4-17-19-9;1-19-5-4-15-9-7-12(14)17-10-6-11(20-13(9)10)8-2-3-16-18-8/h4-5,7-8,10H,2-3,6,9H2,1H3,(H,18,21)(H3,17,19,20);3-4,6-7,9H,1-2,5,8H2,(H,18,20)(H3,16,17,19);3-6,8H,7H2,1-2H3,(H,17,19)(H3,15,16,18);3-6,8H,1-2,7H2,(H,17,19)(H3,15,16,18);2-3,6-7H,4-5H2,1H3,(H,16,18)(H3,14,15,17)/t10-;9-;8-;;/m101../s1. The number of H-pyrrole nitrogens is 5. The highest BCUT2D eigenvalue weighted by molar-refractivity contribution is 7.24. The second-order valence-corrected chi connectivity index (χ2v) is 31.1. The van der Waals surface area contributed by atoms with Crippen LogP contribution in [0.5, 0.6) is 0 Å². The summed E-state index contributed by atoms with van der Waals surface area (Å²) in [6.45, 7) is 9.02. The van der Waals surface area contributed by atoms with Crippen LogP contribution in [0.4, 0.5) is 57.5 Å². The van der Waals surface area contributed by atoms with Crippen LogP contribution in [0.1, 0.15) is 45.4 Å². The molecule has 0 unspecified atom stereocenters. The van der Waals surface area contributed by atoms with Crippen molar-refractivity contribution in [3.8, 4) is 52.9 Å². The molecule has 15 aromatic heterocycles. The van der Waals surface area contributed by atoms with E-state index in [0.717, 1.165) is 184 Å². The number of hydrogen-bond donors (Lipinski definition) is 15. The Morgan fingerprint density at radius 3 is 1.21 bits per heavy atom. The molecule has 0 radical (unpaired) electrons. The number of piperidine rings is 1. The first kappa shape index (κ1) is 72.4. The molecular formula is C72H84N26O3S5. The number of thiophene rings is 5. The summed E-state index contributed by atoms with van der Waals surface area (Å²) >= 11 is 8.42. The number of aromatic amines is 5. The predicted molar refractivity (Wildman–Crippen MR) is 436 cm³/mol. The molecule has 106 heavy (non-hydrogen) atoms. The number of rotatable bonds is 21. The van der Waals surface area contributed by atoms with Gasteiger partial charge in [0, 0.05) is 121 Å². The van der Waals surface area contributed by atoms with Crippen molar-refractivity contribution < 1.29 is 14.2 Å².